The Hall–Kier alpha value is -3.21. The lowest BCUT2D eigenvalue weighted by Gasteiger charge is -2.10. The first-order chi connectivity index (χ1) is 11.2. The van der Waals surface area contributed by atoms with Crippen molar-refractivity contribution in [3.8, 4) is 0 Å². The summed E-state index contributed by atoms with van der Waals surface area (Å²) in [5.74, 6) is 0.255. The van der Waals surface area contributed by atoms with Crippen molar-refractivity contribution in [1.29, 1.82) is 0 Å². The van der Waals surface area contributed by atoms with E-state index in [2.05, 4.69) is 20.6 Å². The summed E-state index contributed by atoms with van der Waals surface area (Å²) < 4.78 is 0. The van der Waals surface area contributed by atoms with Crippen molar-refractivity contribution in [3.05, 3.63) is 55.9 Å². The molecule has 0 radical (unpaired) electrons. The molecule has 0 amide bonds. The van der Waals surface area contributed by atoms with Gasteiger partial charge in [-0.3, -0.25) is 20.2 Å². The van der Waals surface area contributed by atoms with E-state index in [0.717, 1.165) is 29.6 Å². The fourth-order valence-corrected chi connectivity index (χ4v) is 2.13. The molecule has 0 fully saturated rings. The van der Waals surface area contributed by atoms with E-state index in [0.29, 0.717) is 0 Å². The van der Waals surface area contributed by atoms with Crippen molar-refractivity contribution in [1.82, 2.24) is 9.97 Å². The number of nitro groups is 2. The molecule has 0 aliphatic carbocycles. The van der Waals surface area contributed by atoms with Gasteiger partial charge in [-0.15, -0.1) is 0 Å². The largest absolute Gasteiger partial charge is 0.332 e. The third-order valence-corrected chi connectivity index (χ3v) is 2.99. The van der Waals surface area contributed by atoms with Crippen LogP contribution in [0.2, 0.25) is 0 Å². The van der Waals surface area contributed by atoms with Crippen molar-refractivity contribution in [3.63, 3.8) is 0 Å². The molecule has 0 spiro atoms. The van der Waals surface area contributed by atoms with E-state index >= 15 is 0 Å². The number of rotatable bonds is 4. The summed E-state index contributed by atoms with van der Waals surface area (Å²) in [6, 6.07) is 4.94. The molecule has 24 heavy (non-hydrogen) atoms. The minimum atomic E-state index is -0.721. The van der Waals surface area contributed by atoms with E-state index in [1.165, 1.54) is 0 Å². The highest BCUT2D eigenvalue weighted by atomic mass is 32.1. The van der Waals surface area contributed by atoms with Crippen LogP contribution in [0.5, 0.6) is 0 Å². The molecule has 0 aliphatic rings. The number of nitrogens with zero attached hydrogens (tertiary/aromatic N) is 4. The summed E-state index contributed by atoms with van der Waals surface area (Å²) in [4.78, 5) is 28.6. The van der Waals surface area contributed by atoms with Crippen LogP contribution in [-0.4, -0.2) is 24.9 Å². The van der Waals surface area contributed by atoms with Crippen molar-refractivity contribution in [2.75, 3.05) is 10.6 Å². The smallest absolute Gasteiger partial charge is 0.278 e. The summed E-state index contributed by atoms with van der Waals surface area (Å²) in [5, 5.41) is 27.2. The zero-order chi connectivity index (χ0) is 17.9. The lowest BCUT2D eigenvalue weighted by Crippen LogP contribution is -2.21. The average Bonchev–Trinajstić information content (AvgIpc) is 2.45. The molecule has 2 N–H and O–H groups in total. The van der Waals surface area contributed by atoms with E-state index in [1.807, 2.05) is 0 Å². The summed E-state index contributed by atoms with van der Waals surface area (Å²) in [7, 11) is 0. The predicted octanol–water partition coefficient (Wildman–Crippen LogP) is 2.72. The number of aryl methyl sites for hydroxylation is 2. The second-order valence-electron chi connectivity index (χ2n) is 4.81. The molecule has 0 saturated heterocycles. The molecular formula is C13H12N6O4S. The SMILES string of the molecule is Cc1cc(C)nc(NC(=S)Nc2cc([N+](=O)[O-])cc([N+](=O)[O-])c2)n1. The van der Waals surface area contributed by atoms with Crippen molar-refractivity contribution in [2.45, 2.75) is 13.8 Å². The van der Waals surface area contributed by atoms with Gasteiger partial charge in [-0.2, -0.15) is 0 Å². The molecule has 0 unspecified atom stereocenters. The fraction of sp³-hybridized carbons (Fsp3) is 0.154. The molecule has 2 rings (SSSR count). The van der Waals surface area contributed by atoms with Crippen LogP contribution in [0.3, 0.4) is 0 Å². The third kappa shape index (κ3) is 4.39. The number of thiocarbonyl (C=S) groups is 1. The van der Waals surface area contributed by atoms with Gasteiger partial charge in [-0.25, -0.2) is 9.97 Å². The molecular weight excluding hydrogens is 336 g/mol. The van der Waals surface area contributed by atoms with Crippen LogP contribution < -0.4 is 10.6 Å². The summed E-state index contributed by atoms with van der Waals surface area (Å²) in [6.07, 6.45) is 0. The van der Waals surface area contributed by atoms with Gasteiger partial charge in [-0.05, 0) is 32.1 Å². The maximum absolute atomic E-state index is 10.9. The van der Waals surface area contributed by atoms with Gasteiger partial charge in [-0.1, -0.05) is 0 Å². The summed E-state index contributed by atoms with van der Waals surface area (Å²) in [5.41, 5.74) is 0.740. The molecule has 0 atom stereocenters. The first-order valence-electron chi connectivity index (χ1n) is 6.59. The number of nitro benzene ring substituents is 2. The van der Waals surface area contributed by atoms with Crippen molar-refractivity contribution >= 4 is 40.3 Å². The average molecular weight is 348 g/mol. The Morgan fingerprint density at radius 3 is 1.92 bits per heavy atom. The van der Waals surface area contributed by atoms with Gasteiger partial charge in [0.15, 0.2) is 5.11 Å². The summed E-state index contributed by atoms with van der Waals surface area (Å²) in [6.45, 7) is 3.58. The standard InChI is InChI=1S/C13H12N6O4S/c1-7-3-8(2)15-12(14-7)17-13(24)16-9-4-10(18(20)21)6-11(5-9)19(22)23/h3-6H,1-2H3,(H2,14,15,16,17,24). The number of hydrogen-bond acceptors (Lipinski definition) is 7. The maximum Gasteiger partial charge on any atom is 0.278 e. The zero-order valence-electron chi connectivity index (χ0n) is 12.6. The number of nitrogens with one attached hydrogen (secondary N) is 2. The van der Waals surface area contributed by atoms with Crippen molar-refractivity contribution < 1.29 is 9.85 Å². The van der Waals surface area contributed by atoms with Crippen LogP contribution in [0.1, 0.15) is 11.4 Å². The van der Waals surface area contributed by atoms with Crippen LogP contribution in [0.25, 0.3) is 0 Å². The van der Waals surface area contributed by atoms with Crippen LogP contribution >= 0.6 is 12.2 Å². The maximum atomic E-state index is 10.9. The number of non-ortho nitro benzene ring substituents is 2. The highest BCUT2D eigenvalue weighted by molar-refractivity contribution is 7.80. The van der Waals surface area contributed by atoms with Gasteiger partial charge in [0.05, 0.1) is 21.6 Å². The first kappa shape index (κ1) is 17.1. The molecule has 1 heterocycles. The lowest BCUT2D eigenvalue weighted by atomic mass is 10.2. The van der Waals surface area contributed by atoms with E-state index < -0.39 is 21.2 Å². The normalized spacial score (nSPS) is 10.1. The Morgan fingerprint density at radius 1 is 0.958 bits per heavy atom. The van der Waals surface area contributed by atoms with Crippen LogP contribution in [-0.2, 0) is 0 Å². The van der Waals surface area contributed by atoms with Crippen molar-refractivity contribution in [2.24, 2.45) is 0 Å². The van der Waals surface area contributed by atoms with Gasteiger partial charge in [0, 0.05) is 23.5 Å². The Labute approximate surface area is 141 Å². The van der Waals surface area contributed by atoms with Gasteiger partial charge in [0.25, 0.3) is 11.4 Å². The Balaban J connectivity index is 2.21. The topological polar surface area (TPSA) is 136 Å². The van der Waals surface area contributed by atoms with Gasteiger partial charge < -0.3 is 10.6 Å². The molecule has 0 aliphatic heterocycles. The number of hydrogen-bond donors (Lipinski definition) is 2. The molecule has 10 nitrogen and oxygen atoms in total. The Morgan fingerprint density at radius 2 is 1.46 bits per heavy atom. The minimum absolute atomic E-state index is 0.0507. The van der Waals surface area contributed by atoms with Gasteiger partial charge in [0.2, 0.25) is 5.95 Å². The Bertz CT molecular complexity index is 789. The first-order valence-corrected chi connectivity index (χ1v) is 6.99. The predicted molar refractivity (Wildman–Crippen MR) is 91.1 cm³/mol. The van der Waals surface area contributed by atoms with E-state index in [1.54, 1.807) is 19.9 Å². The van der Waals surface area contributed by atoms with E-state index in [-0.39, 0.29) is 16.7 Å². The van der Waals surface area contributed by atoms with Crippen LogP contribution in [0.4, 0.5) is 23.0 Å². The van der Waals surface area contributed by atoms with Crippen LogP contribution in [0.15, 0.2) is 24.3 Å². The highest BCUT2D eigenvalue weighted by Gasteiger charge is 2.17. The minimum Gasteiger partial charge on any atom is -0.332 e. The second-order valence-corrected chi connectivity index (χ2v) is 5.21. The number of aromatic nitrogens is 2. The van der Waals surface area contributed by atoms with Gasteiger partial charge in [0.1, 0.15) is 0 Å². The second kappa shape index (κ2) is 6.91. The quantitative estimate of drug-likeness (QED) is 0.485. The molecule has 1 aromatic carbocycles. The van der Waals surface area contributed by atoms with Crippen LogP contribution in [0, 0.1) is 34.1 Å². The lowest BCUT2D eigenvalue weighted by molar-refractivity contribution is -0.394. The molecule has 11 heteroatoms. The molecule has 124 valence electrons. The Kier molecular flexibility index (Phi) is 4.94. The monoisotopic (exact) mass is 348 g/mol. The number of benzene rings is 1. The molecule has 2 aromatic rings. The van der Waals surface area contributed by atoms with Gasteiger partial charge >= 0.3 is 0 Å². The zero-order valence-corrected chi connectivity index (χ0v) is 13.5. The fourth-order valence-electron chi connectivity index (χ4n) is 1.92. The third-order valence-electron chi connectivity index (χ3n) is 2.79. The summed E-state index contributed by atoms with van der Waals surface area (Å²) >= 11 is 5.08. The molecule has 1 aromatic heterocycles. The van der Waals surface area contributed by atoms with E-state index in [9.17, 15) is 20.2 Å². The molecule has 0 bridgehead atoms. The molecule has 0 saturated carbocycles. The highest BCUT2D eigenvalue weighted by Crippen LogP contribution is 2.25. The van der Waals surface area contributed by atoms with E-state index in [4.69, 9.17) is 12.2 Å². The number of anilines is 2.